The van der Waals surface area contributed by atoms with Crippen LogP contribution in [0.4, 0.5) is 8.78 Å². The van der Waals surface area contributed by atoms with Crippen LogP contribution in [0, 0.1) is 11.6 Å². The molecule has 0 unspecified atom stereocenters. The molecule has 0 bridgehead atoms. The summed E-state index contributed by atoms with van der Waals surface area (Å²) in [5.41, 5.74) is 1.98. The topological polar surface area (TPSA) is 0 Å². The van der Waals surface area contributed by atoms with Crippen molar-refractivity contribution in [3.63, 3.8) is 0 Å². The van der Waals surface area contributed by atoms with Gasteiger partial charge in [0.15, 0.2) is 0 Å². The van der Waals surface area contributed by atoms with E-state index >= 15 is 0 Å². The van der Waals surface area contributed by atoms with Crippen LogP contribution < -0.4 is 0 Å². The van der Waals surface area contributed by atoms with Crippen molar-refractivity contribution in [3.8, 4) is 0 Å². The lowest BCUT2D eigenvalue weighted by molar-refractivity contribution is 0.626. The third kappa shape index (κ3) is 3.55. The second kappa shape index (κ2) is 6.75. The lowest BCUT2D eigenvalue weighted by Crippen LogP contribution is -1.97. The first-order chi connectivity index (χ1) is 10.7. The fraction of sp³-hybridized carbons (Fsp3) is 0.0526. The molecule has 22 heavy (non-hydrogen) atoms. The molecule has 0 atom stereocenters. The van der Waals surface area contributed by atoms with Crippen LogP contribution >= 0.6 is 11.8 Å². The minimum Gasteiger partial charge on any atom is -0.207 e. The highest BCUT2D eigenvalue weighted by atomic mass is 32.2. The van der Waals surface area contributed by atoms with Gasteiger partial charge in [0.2, 0.25) is 0 Å². The van der Waals surface area contributed by atoms with Crippen molar-refractivity contribution < 1.29 is 8.78 Å². The van der Waals surface area contributed by atoms with Gasteiger partial charge >= 0.3 is 0 Å². The fourth-order valence-electron chi connectivity index (χ4n) is 2.24. The maximum atomic E-state index is 13.2. The Morgan fingerprint density at radius 3 is 1.50 bits per heavy atom. The Bertz CT molecular complexity index is 676. The SMILES string of the molecule is Fc1ccc(C(Sc2ccccc2)c2ccc(F)cc2)cc1. The summed E-state index contributed by atoms with van der Waals surface area (Å²) in [6.45, 7) is 0. The molecule has 3 aromatic rings. The van der Waals surface area contributed by atoms with E-state index in [1.54, 1.807) is 36.0 Å². The molecule has 0 amide bonds. The molecule has 0 radical (unpaired) electrons. The summed E-state index contributed by atoms with van der Waals surface area (Å²) >= 11 is 1.66. The van der Waals surface area contributed by atoms with Crippen molar-refractivity contribution in [2.24, 2.45) is 0 Å². The highest BCUT2D eigenvalue weighted by Crippen LogP contribution is 2.40. The largest absolute Gasteiger partial charge is 0.207 e. The van der Waals surface area contributed by atoms with Gasteiger partial charge in [-0.3, -0.25) is 0 Å². The van der Waals surface area contributed by atoms with Gasteiger partial charge in [0.25, 0.3) is 0 Å². The normalized spacial score (nSPS) is 10.9. The number of hydrogen-bond donors (Lipinski definition) is 0. The molecule has 0 aromatic heterocycles. The Hall–Kier alpha value is -2.13. The van der Waals surface area contributed by atoms with Crippen molar-refractivity contribution in [2.75, 3.05) is 0 Å². The second-order valence-corrected chi connectivity index (χ2v) is 6.09. The summed E-state index contributed by atoms with van der Waals surface area (Å²) in [6.07, 6.45) is 0. The summed E-state index contributed by atoms with van der Waals surface area (Å²) in [7, 11) is 0. The number of hydrogen-bond acceptors (Lipinski definition) is 1. The van der Waals surface area contributed by atoms with Crippen molar-refractivity contribution in [1.29, 1.82) is 0 Å². The van der Waals surface area contributed by atoms with Gasteiger partial charge < -0.3 is 0 Å². The molecule has 0 saturated carbocycles. The first-order valence-electron chi connectivity index (χ1n) is 6.95. The monoisotopic (exact) mass is 312 g/mol. The molecule has 0 heterocycles. The van der Waals surface area contributed by atoms with Gasteiger partial charge in [0.05, 0.1) is 5.25 Å². The average molecular weight is 312 g/mol. The molecule has 0 aliphatic heterocycles. The summed E-state index contributed by atoms with van der Waals surface area (Å²) in [5.74, 6) is -0.516. The Morgan fingerprint density at radius 2 is 1.05 bits per heavy atom. The van der Waals surface area contributed by atoms with Gasteiger partial charge in [-0.15, -0.1) is 11.8 Å². The predicted molar refractivity (Wildman–Crippen MR) is 86.9 cm³/mol. The minimum atomic E-state index is -0.258. The van der Waals surface area contributed by atoms with E-state index in [4.69, 9.17) is 0 Å². The summed E-state index contributed by atoms with van der Waals surface area (Å²) < 4.78 is 26.4. The molecule has 3 heteroatoms. The standard InChI is InChI=1S/C19H14F2S/c20-16-10-6-14(7-11-16)19(15-8-12-17(21)13-9-15)22-18-4-2-1-3-5-18/h1-13,19H. The van der Waals surface area contributed by atoms with Gasteiger partial charge in [-0.25, -0.2) is 8.78 Å². The zero-order valence-corrected chi connectivity index (χ0v) is 12.6. The Morgan fingerprint density at radius 1 is 0.591 bits per heavy atom. The number of rotatable bonds is 4. The zero-order valence-electron chi connectivity index (χ0n) is 11.7. The summed E-state index contributed by atoms with van der Waals surface area (Å²) in [5, 5.41) is -0.0106. The van der Waals surface area contributed by atoms with E-state index in [-0.39, 0.29) is 16.9 Å². The number of benzene rings is 3. The van der Waals surface area contributed by atoms with Crippen molar-refractivity contribution in [2.45, 2.75) is 10.1 Å². The van der Waals surface area contributed by atoms with Crippen molar-refractivity contribution in [3.05, 3.63) is 102 Å². The molecular weight excluding hydrogens is 298 g/mol. The quantitative estimate of drug-likeness (QED) is 0.545. The molecule has 3 aromatic carbocycles. The van der Waals surface area contributed by atoms with Gasteiger partial charge in [0, 0.05) is 4.90 Å². The van der Waals surface area contributed by atoms with E-state index in [9.17, 15) is 8.78 Å². The second-order valence-electron chi connectivity index (χ2n) is 4.91. The van der Waals surface area contributed by atoms with Crippen molar-refractivity contribution in [1.82, 2.24) is 0 Å². The van der Waals surface area contributed by atoms with E-state index in [0.29, 0.717) is 0 Å². The number of halogens is 2. The third-order valence-electron chi connectivity index (χ3n) is 3.34. The molecule has 0 nitrogen and oxygen atoms in total. The molecule has 0 N–H and O–H groups in total. The third-order valence-corrected chi connectivity index (χ3v) is 4.67. The molecule has 0 fully saturated rings. The fourth-order valence-corrected chi connectivity index (χ4v) is 3.41. The highest BCUT2D eigenvalue weighted by molar-refractivity contribution is 7.99. The first kappa shape index (κ1) is 14.8. The highest BCUT2D eigenvalue weighted by Gasteiger charge is 2.16. The van der Waals surface area contributed by atoms with Crippen LogP contribution in [0.2, 0.25) is 0 Å². The van der Waals surface area contributed by atoms with Gasteiger partial charge in [-0.1, -0.05) is 42.5 Å². The lowest BCUT2D eigenvalue weighted by atomic mass is 10.0. The van der Waals surface area contributed by atoms with Crippen LogP contribution in [0.5, 0.6) is 0 Å². The zero-order chi connectivity index (χ0) is 15.4. The van der Waals surface area contributed by atoms with E-state index in [0.717, 1.165) is 16.0 Å². The predicted octanol–water partition coefficient (Wildman–Crippen LogP) is 5.85. The van der Waals surface area contributed by atoms with Crippen molar-refractivity contribution >= 4 is 11.8 Å². The summed E-state index contributed by atoms with van der Waals surface area (Å²) in [4.78, 5) is 1.11. The Balaban J connectivity index is 1.97. The molecule has 0 aliphatic rings. The molecule has 0 saturated heterocycles. The Labute approximate surface area is 132 Å². The number of thioether (sulfide) groups is 1. The summed E-state index contributed by atoms with van der Waals surface area (Å²) in [6, 6.07) is 22.9. The molecule has 0 aliphatic carbocycles. The first-order valence-corrected chi connectivity index (χ1v) is 7.83. The Kier molecular flexibility index (Phi) is 4.54. The van der Waals surface area contributed by atoms with Crippen LogP contribution in [0.1, 0.15) is 16.4 Å². The van der Waals surface area contributed by atoms with Gasteiger partial charge in [0.1, 0.15) is 11.6 Å². The smallest absolute Gasteiger partial charge is 0.123 e. The molecule has 3 rings (SSSR count). The maximum absolute atomic E-state index is 13.2. The van der Waals surface area contributed by atoms with E-state index in [1.807, 2.05) is 30.3 Å². The molecular formula is C19H14F2S. The van der Waals surface area contributed by atoms with Crippen LogP contribution in [0.3, 0.4) is 0 Å². The van der Waals surface area contributed by atoms with Gasteiger partial charge in [-0.2, -0.15) is 0 Å². The van der Waals surface area contributed by atoms with E-state index in [1.165, 1.54) is 24.3 Å². The average Bonchev–Trinajstić information content (AvgIpc) is 2.56. The molecule has 0 spiro atoms. The van der Waals surface area contributed by atoms with Gasteiger partial charge in [-0.05, 0) is 47.5 Å². The van der Waals surface area contributed by atoms with Crippen LogP contribution in [0.15, 0.2) is 83.8 Å². The minimum absolute atomic E-state index is 0.0106. The van der Waals surface area contributed by atoms with Crippen LogP contribution in [-0.2, 0) is 0 Å². The van der Waals surface area contributed by atoms with Crippen LogP contribution in [0.25, 0.3) is 0 Å². The van der Waals surface area contributed by atoms with Crippen LogP contribution in [-0.4, -0.2) is 0 Å². The van der Waals surface area contributed by atoms with E-state index in [2.05, 4.69) is 0 Å². The lowest BCUT2D eigenvalue weighted by Gasteiger charge is -2.18. The maximum Gasteiger partial charge on any atom is 0.123 e. The molecule has 110 valence electrons. The van der Waals surface area contributed by atoms with E-state index < -0.39 is 0 Å².